The van der Waals surface area contributed by atoms with E-state index in [1.165, 1.54) is 12.8 Å². The smallest absolute Gasteiger partial charge is 0.141 e. The van der Waals surface area contributed by atoms with Gasteiger partial charge in [0.15, 0.2) is 0 Å². The molecule has 0 amide bonds. The van der Waals surface area contributed by atoms with Gasteiger partial charge in [0.2, 0.25) is 0 Å². The molecule has 0 radical (unpaired) electrons. The van der Waals surface area contributed by atoms with Crippen molar-refractivity contribution in [1.29, 1.82) is 0 Å². The first-order chi connectivity index (χ1) is 8.08. The highest BCUT2D eigenvalue weighted by Crippen LogP contribution is 2.38. The van der Waals surface area contributed by atoms with Crippen molar-refractivity contribution in [3.63, 3.8) is 0 Å². The minimum Gasteiger partial charge on any atom is -0.383 e. The summed E-state index contributed by atoms with van der Waals surface area (Å²) < 4.78 is 1.93. The van der Waals surface area contributed by atoms with Crippen LogP contribution in [0.1, 0.15) is 37.9 Å². The Balaban J connectivity index is 1.83. The van der Waals surface area contributed by atoms with Crippen LogP contribution in [0.3, 0.4) is 0 Å². The predicted octanol–water partition coefficient (Wildman–Crippen LogP) is 2.22. The number of rotatable bonds is 2. The summed E-state index contributed by atoms with van der Waals surface area (Å²) in [5.74, 6) is 0.624. The number of halogens is 1. The Labute approximate surface area is 107 Å². The topological polar surface area (TPSA) is 47.1 Å². The number of anilines is 1. The Morgan fingerprint density at radius 1 is 1.35 bits per heavy atom. The van der Waals surface area contributed by atoms with Gasteiger partial charge in [-0.1, -0.05) is 11.6 Å². The van der Waals surface area contributed by atoms with Gasteiger partial charge in [0.25, 0.3) is 0 Å². The zero-order valence-corrected chi connectivity index (χ0v) is 11.1. The molecule has 2 aliphatic rings. The highest BCUT2D eigenvalue weighted by atomic mass is 35.5. The van der Waals surface area contributed by atoms with Crippen molar-refractivity contribution in [2.75, 3.05) is 12.3 Å². The largest absolute Gasteiger partial charge is 0.383 e. The lowest BCUT2D eigenvalue weighted by atomic mass is 10.2. The SMILES string of the molecule is Cc1nn(C2CC(C)N(C3CC3)C2)c(N)c1Cl. The normalized spacial score (nSPS) is 30.1. The van der Waals surface area contributed by atoms with Gasteiger partial charge < -0.3 is 5.73 Å². The van der Waals surface area contributed by atoms with Crippen molar-refractivity contribution in [1.82, 2.24) is 14.7 Å². The second-order valence-electron chi connectivity index (χ2n) is 5.40. The number of aryl methyl sites for hydroxylation is 1. The van der Waals surface area contributed by atoms with Crippen LogP contribution in [0, 0.1) is 6.92 Å². The van der Waals surface area contributed by atoms with Crippen molar-refractivity contribution < 1.29 is 0 Å². The van der Waals surface area contributed by atoms with E-state index >= 15 is 0 Å². The lowest BCUT2D eigenvalue weighted by Gasteiger charge is -2.19. The summed E-state index contributed by atoms with van der Waals surface area (Å²) in [5, 5.41) is 5.09. The molecular weight excluding hydrogens is 236 g/mol. The molecule has 0 spiro atoms. The molecule has 17 heavy (non-hydrogen) atoms. The molecule has 4 nitrogen and oxygen atoms in total. The van der Waals surface area contributed by atoms with Crippen LogP contribution in [-0.4, -0.2) is 33.3 Å². The molecule has 94 valence electrons. The summed E-state index contributed by atoms with van der Waals surface area (Å²) in [4.78, 5) is 2.59. The first-order valence-electron chi connectivity index (χ1n) is 6.33. The van der Waals surface area contributed by atoms with Crippen molar-refractivity contribution in [3.8, 4) is 0 Å². The molecule has 1 saturated carbocycles. The van der Waals surface area contributed by atoms with Crippen LogP contribution < -0.4 is 5.73 Å². The average molecular weight is 255 g/mol. The summed E-state index contributed by atoms with van der Waals surface area (Å²) in [6.45, 7) is 5.27. The van der Waals surface area contributed by atoms with E-state index in [9.17, 15) is 0 Å². The first-order valence-corrected chi connectivity index (χ1v) is 6.71. The molecule has 1 aliphatic heterocycles. The van der Waals surface area contributed by atoms with Crippen LogP contribution in [0.2, 0.25) is 5.02 Å². The van der Waals surface area contributed by atoms with Crippen molar-refractivity contribution in [2.45, 2.75) is 51.2 Å². The third-order valence-corrected chi connectivity index (χ3v) is 4.48. The second kappa shape index (κ2) is 3.89. The quantitative estimate of drug-likeness (QED) is 0.881. The van der Waals surface area contributed by atoms with Gasteiger partial charge >= 0.3 is 0 Å². The van der Waals surface area contributed by atoms with E-state index in [0.717, 1.165) is 24.7 Å². The summed E-state index contributed by atoms with van der Waals surface area (Å²) >= 11 is 6.10. The molecule has 2 heterocycles. The van der Waals surface area contributed by atoms with Crippen LogP contribution in [0.5, 0.6) is 0 Å². The van der Waals surface area contributed by atoms with Crippen LogP contribution in [0.4, 0.5) is 5.82 Å². The predicted molar refractivity (Wildman–Crippen MR) is 69.2 cm³/mol. The number of hydrogen-bond acceptors (Lipinski definition) is 3. The molecule has 3 rings (SSSR count). The zero-order valence-electron chi connectivity index (χ0n) is 10.4. The van der Waals surface area contributed by atoms with Gasteiger partial charge in [-0.05, 0) is 33.1 Å². The molecule has 1 aliphatic carbocycles. The van der Waals surface area contributed by atoms with Gasteiger partial charge in [0.1, 0.15) is 10.8 Å². The Kier molecular flexibility index (Phi) is 2.60. The van der Waals surface area contributed by atoms with E-state index in [1.807, 2.05) is 11.6 Å². The molecular formula is C12H19ClN4. The van der Waals surface area contributed by atoms with Gasteiger partial charge in [-0.2, -0.15) is 5.10 Å². The zero-order chi connectivity index (χ0) is 12.2. The van der Waals surface area contributed by atoms with E-state index in [4.69, 9.17) is 17.3 Å². The molecule has 0 bridgehead atoms. The molecule has 0 aromatic carbocycles. The van der Waals surface area contributed by atoms with Gasteiger partial charge in [0.05, 0.1) is 11.7 Å². The number of nitrogen functional groups attached to an aromatic ring is 1. The monoisotopic (exact) mass is 254 g/mol. The third-order valence-electron chi connectivity index (χ3n) is 4.01. The molecule has 2 N–H and O–H groups in total. The number of hydrogen-bond donors (Lipinski definition) is 1. The van der Waals surface area contributed by atoms with Crippen molar-refractivity contribution in [3.05, 3.63) is 10.7 Å². The Bertz CT molecular complexity index is 438. The van der Waals surface area contributed by atoms with Gasteiger partial charge in [-0.25, -0.2) is 4.68 Å². The fraction of sp³-hybridized carbons (Fsp3) is 0.750. The van der Waals surface area contributed by atoms with Crippen LogP contribution >= 0.6 is 11.6 Å². The molecule has 1 aromatic heterocycles. The van der Waals surface area contributed by atoms with Gasteiger partial charge in [-0.15, -0.1) is 0 Å². The summed E-state index contributed by atoms with van der Waals surface area (Å²) in [6, 6.07) is 1.83. The molecule has 1 saturated heterocycles. The summed E-state index contributed by atoms with van der Waals surface area (Å²) in [5.41, 5.74) is 6.85. The van der Waals surface area contributed by atoms with E-state index in [0.29, 0.717) is 22.9 Å². The van der Waals surface area contributed by atoms with Crippen molar-refractivity contribution >= 4 is 17.4 Å². The minimum atomic E-state index is 0.386. The van der Waals surface area contributed by atoms with E-state index in [2.05, 4.69) is 16.9 Å². The first kappa shape index (κ1) is 11.4. The minimum absolute atomic E-state index is 0.386. The maximum atomic E-state index is 6.10. The van der Waals surface area contributed by atoms with Crippen LogP contribution in [-0.2, 0) is 0 Å². The van der Waals surface area contributed by atoms with E-state index in [1.54, 1.807) is 0 Å². The Hall–Kier alpha value is -0.740. The highest BCUT2D eigenvalue weighted by molar-refractivity contribution is 6.33. The molecule has 2 unspecified atom stereocenters. The van der Waals surface area contributed by atoms with Crippen LogP contribution in [0.25, 0.3) is 0 Å². The lowest BCUT2D eigenvalue weighted by Crippen LogP contribution is -2.29. The number of aromatic nitrogens is 2. The maximum Gasteiger partial charge on any atom is 0.141 e. The van der Waals surface area contributed by atoms with E-state index < -0.39 is 0 Å². The fourth-order valence-electron chi connectivity index (χ4n) is 2.94. The molecule has 2 atom stereocenters. The summed E-state index contributed by atoms with van der Waals surface area (Å²) in [7, 11) is 0. The van der Waals surface area contributed by atoms with Crippen molar-refractivity contribution in [2.24, 2.45) is 0 Å². The highest BCUT2D eigenvalue weighted by Gasteiger charge is 2.40. The van der Waals surface area contributed by atoms with E-state index in [-0.39, 0.29) is 0 Å². The van der Waals surface area contributed by atoms with Crippen LogP contribution in [0.15, 0.2) is 0 Å². The Morgan fingerprint density at radius 2 is 2.06 bits per heavy atom. The van der Waals surface area contributed by atoms with Gasteiger partial charge in [-0.3, -0.25) is 4.90 Å². The Morgan fingerprint density at radius 3 is 2.59 bits per heavy atom. The molecule has 2 fully saturated rings. The second-order valence-corrected chi connectivity index (χ2v) is 5.77. The average Bonchev–Trinajstić information content (AvgIpc) is 3.02. The fourth-order valence-corrected chi connectivity index (χ4v) is 3.07. The molecule has 1 aromatic rings. The number of nitrogens with two attached hydrogens (primary N) is 1. The third kappa shape index (κ3) is 1.83. The van der Waals surface area contributed by atoms with Gasteiger partial charge in [0, 0.05) is 18.6 Å². The maximum absolute atomic E-state index is 6.10. The lowest BCUT2D eigenvalue weighted by molar-refractivity contribution is 0.252. The number of nitrogens with zero attached hydrogens (tertiary/aromatic N) is 3. The number of likely N-dealkylation sites (tertiary alicyclic amines) is 1. The molecule has 5 heteroatoms. The summed E-state index contributed by atoms with van der Waals surface area (Å²) in [6.07, 6.45) is 3.83. The standard InChI is InChI=1S/C12H19ClN4/c1-7-5-10(6-16(7)9-3-4-9)17-12(14)11(13)8(2)15-17/h7,9-10H,3-6,14H2,1-2H3.